The van der Waals surface area contributed by atoms with E-state index in [2.05, 4.69) is 10.3 Å². The Kier molecular flexibility index (Phi) is 17.6. The highest BCUT2D eigenvalue weighted by atomic mass is 35.5. The second kappa shape index (κ2) is 22.3. The first-order valence-corrected chi connectivity index (χ1v) is 23.3. The summed E-state index contributed by atoms with van der Waals surface area (Å²) in [6.45, 7) is 12.3. The van der Waals surface area contributed by atoms with Crippen LogP contribution in [0.1, 0.15) is 78.3 Å². The predicted molar refractivity (Wildman–Crippen MR) is 260 cm³/mol. The molecule has 370 valence electrons. The second-order valence-electron chi connectivity index (χ2n) is 19.6. The first-order chi connectivity index (χ1) is 31.8. The van der Waals surface area contributed by atoms with Gasteiger partial charge in [-0.05, 0) is 136 Å². The molecule has 1 N–H and O–H groups in total. The van der Waals surface area contributed by atoms with Gasteiger partial charge in [0.1, 0.15) is 46.4 Å². The number of rotatable bonds is 16. The normalized spacial score (nSPS) is 16.2. The SMILES string of the molecule is COC[C@H](NC(=O)[C@H](C)N(Cc1c(F)cc(Cl)cc1Oc1ccc(-c2cnc(CN(C)C)n2C)cc1)C(=O)OC(C)(C)C)C(=O)N(C)[C@@]1(Cc2ccc(Cl)cc2)CCCN(C(=O)OC(C)(C)C)C1. The zero-order valence-electron chi connectivity index (χ0n) is 41.2. The first-order valence-electron chi connectivity index (χ1n) is 22.5. The highest BCUT2D eigenvalue weighted by molar-refractivity contribution is 6.31. The lowest BCUT2D eigenvalue weighted by Gasteiger charge is -2.49. The van der Waals surface area contributed by atoms with E-state index in [0.29, 0.717) is 43.1 Å². The van der Waals surface area contributed by atoms with Gasteiger partial charge in [0, 0.05) is 49.9 Å². The van der Waals surface area contributed by atoms with E-state index in [0.717, 1.165) is 33.6 Å². The maximum Gasteiger partial charge on any atom is 0.411 e. The number of likely N-dealkylation sites (N-methyl/N-ethyl adjacent to an activating group) is 1. The summed E-state index contributed by atoms with van der Waals surface area (Å²) < 4.78 is 41.4. The summed E-state index contributed by atoms with van der Waals surface area (Å²) >= 11 is 12.6. The van der Waals surface area contributed by atoms with Crippen molar-refractivity contribution in [2.45, 2.75) is 110 Å². The van der Waals surface area contributed by atoms with Gasteiger partial charge in [-0.2, -0.15) is 0 Å². The highest BCUT2D eigenvalue weighted by Gasteiger charge is 2.45. The van der Waals surface area contributed by atoms with Crippen LogP contribution in [0.15, 0.2) is 66.9 Å². The second-order valence-corrected chi connectivity index (χ2v) is 20.5. The molecule has 5 rings (SSSR count). The smallest absolute Gasteiger partial charge is 0.411 e. The zero-order valence-corrected chi connectivity index (χ0v) is 42.8. The predicted octanol–water partition coefficient (Wildman–Crippen LogP) is 9.11. The fourth-order valence-corrected chi connectivity index (χ4v) is 8.32. The molecule has 3 aromatic carbocycles. The van der Waals surface area contributed by atoms with Gasteiger partial charge in [-0.15, -0.1) is 0 Å². The topological polar surface area (TPSA) is 148 Å². The lowest BCUT2D eigenvalue weighted by atomic mass is 9.81. The Morgan fingerprint density at radius 1 is 0.912 bits per heavy atom. The fourth-order valence-electron chi connectivity index (χ4n) is 8.00. The van der Waals surface area contributed by atoms with Gasteiger partial charge in [0.15, 0.2) is 0 Å². The molecule has 1 saturated heterocycles. The summed E-state index contributed by atoms with van der Waals surface area (Å²) in [5, 5.41) is 3.40. The van der Waals surface area contributed by atoms with E-state index in [1.165, 1.54) is 20.1 Å². The quantitative estimate of drug-likeness (QED) is 0.115. The molecule has 0 bridgehead atoms. The summed E-state index contributed by atoms with van der Waals surface area (Å²) in [4.78, 5) is 67.5. The monoisotopic (exact) mass is 981 g/mol. The number of nitrogens with zero attached hydrogens (tertiary/aromatic N) is 6. The van der Waals surface area contributed by atoms with Crippen molar-refractivity contribution in [2.24, 2.45) is 7.05 Å². The van der Waals surface area contributed by atoms with E-state index >= 15 is 4.39 Å². The Hall–Kier alpha value is -5.42. The molecule has 1 aliphatic rings. The number of ether oxygens (including phenoxy) is 4. The van der Waals surface area contributed by atoms with Crippen LogP contribution in [0.5, 0.6) is 11.5 Å². The Morgan fingerprint density at radius 3 is 2.16 bits per heavy atom. The molecule has 4 aromatic rings. The first kappa shape index (κ1) is 53.5. The molecule has 0 radical (unpaired) electrons. The number of amides is 4. The molecular formula is C50H66Cl2FN7O8. The van der Waals surface area contributed by atoms with E-state index in [1.807, 2.05) is 54.9 Å². The highest BCUT2D eigenvalue weighted by Crippen LogP contribution is 2.35. The van der Waals surface area contributed by atoms with Crippen molar-refractivity contribution in [2.75, 3.05) is 47.9 Å². The fraction of sp³-hybridized carbons (Fsp3) is 0.500. The van der Waals surface area contributed by atoms with Gasteiger partial charge in [0.25, 0.3) is 0 Å². The number of likely N-dealkylation sites (tertiary alicyclic amines) is 1. The molecule has 1 aliphatic heterocycles. The lowest BCUT2D eigenvalue weighted by molar-refractivity contribution is -0.144. The van der Waals surface area contributed by atoms with Crippen molar-refractivity contribution in [1.82, 2.24) is 34.5 Å². The van der Waals surface area contributed by atoms with Crippen LogP contribution < -0.4 is 10.1 Å². The number of carbonyl (C=O) groups is 4. The van der Waals surface area contributed by atoms with Gasteiger partial charge in [-0.3, -0.25) is 14.5 Å². The number of piperidine rings is 1. The molecule has 68 heavy (non-hydrogen) atoms. The van der Waals surface area contributed by atoms with Crippen LogP contribution in [0.3, 0.4) is 0 Å². The molecule has 2 heterocycles. The molecule has 4 amide bonds. The van der Waals surface area contributed by atoms with Crippen molar-refractivity contribution in [3.63, 3.8) is 0 Å². The number of methoxy groups -OCH3 is 1. The van der Waals surface area contributed by atoms with Crippen molar-refractivity contribution in [1.29, 1.82) is 0 Å². The van der Waals surface area contributed by atoms with E-state index in [4.69, 9.17) is 42.1 Å². The maximum atomic E-state index is 16.2. The van der Waals surface area contributed by atoms with Gasteiger partial charge in [0.2, 0.25) is 11.8 Å². The van der Waals surface area contributed by atoms with E-state index in [9.17, 15) is 19.2 Å². The van der Waals surface area contributed by atoms with Crippen LogP contribution in [0, 0.1) is 5.82 Å². The Bertz CT molecular complexity index is 2400. The lowest BCUT2D eigenvalue weighted by Crippen LogP contribution is -2.65. The Morgan fingerprint density at radius 2 is 1.56 bits per heavy atom. The third kappa shape index (κ3) is 14.1. The van der Waals surface area contributed by atoms with Crippen molar-refractivity contribution in [3.05, 3.63) is 99.7 Å². The Balaban J connectivity index is 1.43. The Labute approximate surface area is 409 Å². The van der Waals surface area contributed by atoms with Crippen LogP contribution in [-0.4, -0.2) is 130 Å². The van der Waals surface area contributed by atoms with Crippen LogP contribution in [0.2, 0.25) is 10.0 Å². The summed E-state index contributed by atoms with van der Waals surface area (Å²) in [6.07, 6.45) is 1.81. The summed E-state index contributed by atoms with van der Waals surface area (Å²) in [5.41, 5.74) is -0.130. The number of benzene rings is 3. The minimum absolute atomic E-state index is 0.00525. The number of hydrogen-bond donors (Lipinski definition) is 1. The van der Waals surface area contributed by atoms with Crippen molar-refractivity contribution >= 4 is 47.2 Å². The van der Waals surface area contributed by atoms with Crippen LogP contribution >= 0.6 is 23.2 Å². The van der Waals surface area contributed by atoms with Gasteiger partial charge >= 0.3 is 12.2 Å². The number of aromatic nitrogens is 2. The largest absolute Gasteiger partial charge is 0.457 e. The van der Waals surface area contributed by atoms with Crippen LogP contribution in [0.25, 0.3) is 11.3 Å². The van der Waals surface area contributed by atoms with E-state index in [-0.39, 0.29) is 29.5 Å². The third-order valence-electron chi connectivity index (χ3n) is 11.5. The summed E-state index contributed by atoms with van der Waals surface area (Å²) in [6, 6.07) is 14.4. The molecule has 3 atom stereocenters. The maximum absolute atomic E-state index is 16.2. The number of carbonyl (C=O) groups excluding carboxylic acids is 4. The standard InChI is InChI=1S/C50H66Cl2FN7O8/c1-32(44(61)55-40(30-65-12)45(62)58(11)50(26-33-14-18-35(51)19-15-33)22-13-23-59(31-50)46(63)67-48(2,3)4)60(47(64)68-49(5,6)7)28-38-39(53)24-36(52)25-42(38)66-37-20-16-34(17-21-37)41-27-54-43(57(41)10)29-56(8)9/h14-21,24-25,27,32,40H,13,22-23,26,28-31H2,1-12H3,(H,55,61)/t32-,40-,50+/m0/s1. The molecule has 0 saturated carbocycles. The molecule has 1 aromatic heterocycles. The van der Waals surface area contributed by atoms with Gasteiger partial charge in [-0.1, -0.05) is 35.3 Å². The van der Waals surface area contributed by atoms with Crippen molar-refractivity contribution < 1.29 is 42.5 Å². The molecule has 18 heteroatoms. The van der Waals surface area contributed by atoms with E-state index in [1.54, 1.807) is 88.9 Å². The molecule has 15 nitrogen and oxygen atoms in total. The van der Waals surface area contributed by atoms with Gasteiger partial charge in [0.05, 0.1) is 42.7 Å². The van der Waals surface area contributed by atoms with Crippen LogP contribution in [0.4, 0.5) is 14.0 Å². The number of halogens is 3. The van der Waals surface area contributed by atoms with Crippen LogP contribution in [-0.2, 0) is 50.4 Å². The number of imidazole rings is 1. The average molecular weight is 983 g/mol. The van der Waals surface area contributed by atoms with E-state index < -0.39 is 65.2 Å². The average Bonchev–Trinajstić information content (AvgIpc) is 3.60. The molecular weight excluding hydrogens is 916 g/mol. The minimum Gasteiger partial charge on any atom is -0.457 e. The molecule has 0 aliphatic carbocycles. The minimum atomic E-state index is -1.33. The van der Waals surface area contributed by atoms with Crippen molar-refractivity contribution in [3.8, 4) is 22.8 Å². The number of hydrogen-bond acceptors (Lipinski definition) is 10. The third-order valence-corrected chi connectivity index (χ3v) is 12.0. The number of nitrogens with one attached hydrogen (secondary N) is 1. The summed E-state index contributed by atoms with van der Waals surface area (Å²) in [5.74, 6) is -0.790. The summed E-state index contributed by atoms with van der Waals surface area (Å²) in [7, 11) is 8.92. The molecule has 0 spiro atoms. The zero-order chi connectivity index (χ0) is 50.3. The molecule has 0 unspecified atom stereocenters. The van der Waals surface area contributed by atoms with Gasteiger partial charge < -0.3 is 43.5 Å². The van der Waals surface area contributed by atoms with Gasteiger partial charge in [-0.25, -0.2) is 19.0 Å². The molecule has 1 fully saturated rings.